The van der Waals surface area contributed by atoms with E-state index in [1.807, 2.05) is 24.3 Å². The summed E-state index contributed by atoms with van der Waals surface area (Å²) >= 11 is 0. The summed E-state index contributed by atoms with van der Waals surface area (Å²) in [5.74, 6) is 0.870. The maximum absolute atomic E-state index is 5.68. The summed E-state index contributed by atoms with van der Waals surface area (Å²) in [5, 5.41) is 3.62. The molecular weight excluding hydrogens is 204 g/mol. The van der Waals surface area contributed by atoms with Gasteiger partial charge in [-0.15, -0.1) is 0 Å². The highest BCUT2D eigenvalue weighted by atomic mass is 16.5. The number of nitrogens with two attached hydrogens (primary N) is 1. The summed E-state index contributed by atoms with van der Waals surface area (Å²) < 4.78 is 10.4. The van der Waals surface area contributed by atoms with Crippen molar-refractivity contribution in [3.05, 3.63) is 47.9 Å². The Balaban J connectivity index is 2.03. The maximum atomic E-state index is 5.68. The normalized spacial score (nSPS) is 10.3. The van der Waals surface area contributed by atoms with E-state index in [0.29, 0.717) is 13.2 Å². The predicted octanol–water partition coefficient (Wildman–Crippen LogP) is 1.75. The number of aromatic nitrogens is 1. The second-order valence-corrected chi connectivity index (χ2v) is 3.47. The van der Waals surface area contributed by atoms with E-state index < -0.39 is 0 Å². The molecule has 2 N–H and O–H groups in total. The average molecular weight is 218 g/mol. The van der Waals surface area contributed by atoms with Crippen molar-refractivity contribution in [3.63, 3.8) is 0 Å². The van der Waals surface area contributed by atoms with Crippen molar-refractivity contribution < 1.29 is 9.26 Å². The van der Waals surface area contributed by atoms with Crippen LogP contribution in [0, 0.1) is 0 Å². The third-order valence-electron chi connectivity index (χ3n) is 2.26. The molecule has 0 aliphatic heterocycles. The third kappa shape index (κ3) is 2.61. The predicted molar refractivity (Wildman–Crippen MR) is 60.0 cm³/mol. The summed E-state index contributed by atoms with van der Waals surface area (Å²) in [4.78, 5) is 0. The van der Waals surface area contributed by atoms with Gasteiger partial charge in [-0.1, -0.05) is 23.4 Å². The van der Waals surface area contributed by atoms with E-state index in [2.05, 4.69) is 5.16 Å². The molecule has 2 rings (SSSR count). The summed E-state index contributed by atoms with van der Waals surface area (Å²) in [6, 6.07) is 7.90. The minimum atomic E-state index is 0.463. The molecule has 1 aromatic heterocycles. The zero-order valence-electron chi connectivity index (χ0n) is 8.93. The number of nitrogens with zero attached hydrogens (tertiary/aromatic N) is 1. The lowest BCUT2D eigenvalue weighted by molar-refractivity contribution is 0.301. The van der Waals surface area contributed by atoms with Gasteiger partial charge in [0, 0.05) is 5.56 Å². The largest absolute Gasteiger partial charge is 0.488 e. The van der Waals surface area contributed by atoms with Crippen molar-refractivity contribution in [1.29, 1.82) is 0 Å². The van der Waals surface area contributed by atoms with Crippen LogP contribution in [0.3, 0.4) is 0 Å². The highest BCUT2D eigenvalue weighted by Gasteiger charge is 2.03. The number of ether oxygens (including phenoxy) is 1. The fourth-order valence-electron chi connectivity index (χ4n) is 1.47. The molecule has 16 heavy (non-hydrogen) atoms. The Kier molecular flexibility index (Phi) is 3.56. The van der Waals surface area contributed by atoms with Gasteiger partial charge in [-0.25, -0.2) is 0 Å². The molecule has 0 bridgehead atoms. The Morgan fingerprint density at radius 3 is 2.94 bits per heavy atom. The van der Waals surface area contributed by atoms with E-state index in [0.717, 1.165) is 23.3 Å². The molecule has 0 spiro atoms. The lowest BCUT2D eigenvalue weighted by Gasteiger charge is -2.09. The molecule has 1 aromatic carbocycles. The number of para-hydroxylation sites is 1. The second kappa shape index (κ2) is 5.32. The zero-order chi connectivity index (χ0) is 11.2. The van der Waals surface area contributed by atoms with Gasteiger partial charge in [0.25, 0.3) is 0 Å². The van der Waals surface area contributed by atoms with Crippen LogP contribution in [0.1, 0.15) is 11.1 Å². The minimum Gasteiger partial charge on any atom is -0.488 e. The van der Waals surface area contributed by atoms with Gasteiger partial charge in [-0.05, 0) is 24.6 Å². The van der Waals surface area contributed by atoms with Crippen LogP contribution < -0.4 is 10.5 Å². The SMILES string of the molecule is NCCc1ccccc1OCc1cnoc1. The highest BCUT2D eigenvalue weighted by molar-refractivity contribution is 5.33. The van der Waals surface area contributed by atoms with Gasteiger partial charge in [-0.2, -0.15) is 0 Å². The molecular formula is C12H14N2O2. The van der Waals surface area contributed by atoms with Gasteiger partial charge in [0.15, 0.2) is 0 Å². The van der Waals surface area contributed by atoms with Crippen molar-refractivity contribution >= 4 is 0 Å². The van der Waals surface area contributed by atoms with Crippen molar-refractivity contribution in [1.82, 2.24) is 5.16 Å². The molecule has 0 saturated heterocycles. The summed E-state index contributed by atoms with van der Waals surface area (Å²) in [6.45, 7) is 1.08. The second-order valence-electron chi connectivity index (χ2n) is 3.47. The van der Waals surface area contributed by atoms with Crippen LogP contribution >= 0.6 is 0 Å². The molecule has 0 saturated carbocycles. The Morgan fingerprint density at radius 2 is 2.19 bits per heavy atom. The molecule has 0 fully saturated rings. The number of benzene rings is 1. The molecule has 4 heteroatoms. The monoisotopic (exact) mass is 218 g/mol. The van der Waals surface area contributed by atoms with Crippen molar-refractivity contribution in [2.24, 2.45) is 5.73 Å². The first-order valence-corrected chi connectivity index (χ1v) is 5.19. The van der Waals surface area contributed by atoms with Gasteiger partial charge in [-0.3, -0.25) is 0 Å². The Hall–Kier alpha value is -1.81. The van der Waals surface area contributed by atoms with E-state index in [4.69, 9.17) is 15.0 Å². The summed E-state index contributed by atoms with van der Waals surface area (Å²) in [5.41, 5.74) is 7.58. The molecule has 0 radical (unpaired) electrons. The first-order valence-electron chi connectivity index (χ1n) is 5.19. The van der Waals surface area contributed by atoms with E-state index in [-0.39, 0.29) is 0 Å². The molecule has 0 unspecified atom stereocenters. The molecule has 0 amide bonds. The van der Waals surface area contributed by atoms with Gasteiger partial charge >= 0.3 is 0 Å². The van der Waals surface area contributed by atoms with Crippen LogP contribution in [-0.4, -0.2) is 11.7 Å². The molecule has 1 heterocycles. The summed E-state index contributed by atoms with van der Waals surface area (Å²) in [7, 11) is 0. The lowest BCUT2D eigenvalue weighted by Crippen LogP contribution is -2.05. The first-order chi connectivity index (χ1) is 7.90. The number of hydrogen-bond acceptors (Lipinski definition) is 4. The quantitative estimate of drug-likeness (QED) is 0.830. The van der Waals surface area contributed by atoms with Crippen LogP contribution in [0.15, 0.2) is 41.2 Å². The molecule has 0 aliphatic carbocycles. The molecule has 0 aliphatic rings. The molecule has 4 nitrogen and oxygen atoms in total. The minimum absolute atomic E-state index is 0.463. The smallest absolute Gasteiger partial charge is 0.130 e. The van der Waals surface area contributed by atoms with Gasteiger partial charge in [0.1, 0.15) is 18.6 Å². The first kappa shape index (κ1) is 10.7. The van der Waals surface area contributed by atoms with Crippen LogP contribution in [0.4, 0.5) is 0 Å². The van der Waals surface area contributed by atoms with Crippen LogP contribution in [-0.2, 0) is 13.0 Å². The standard InChI is InChI=1S/C12H14N2O2/c13-6-5-11-3-1-2-4-12(11)15-8-10-7-14-16-9-10/h1-4,7,9H,5-6,8,13H2. The molecule has 2 aromatic rings. The van der Waals surface area contributed by atoms with Crippen LogP contribution in [0.2, 0.25) is 0 Å². The van der Waals surface area contributed by atoms with Gasteiger partial charge in [0.05, 0.1) is 6.20 Å². The molecule has 0 atom stereocenters. The average Bonchev–Trinajstić information content (AvgIpc) is 2.81. The van der Waals surface area contributed by atoms with E-state index in [1.165, 1.54) is 0 Å². The fraction of sp³-hybridized carbons (Fsp3) is 0.250. The van der Waals surface area contributed by atoms with Gasteiger partial charge < -0.3 is 15.0 Å². The number of rotatable bonds is 5. The number of hydrogen-bond donors (Lipinski definition) is 1. The van der Waals surface area contributed by atoms with E-state index in [1.54, 1.807) is 12.5 Å². The topological polar surface area (TPSA) is 61.3 Å². The van der Waals surface area contributed by atoms with Crippen LogP contribution in [0.25, 0.3) is 0 Å². The van der Waals surface area contributed by atoms with E-state index >= 15 is 0 Å². The van der Waals surface area contributed by atoms with Gasteiger partial charge in [0.2, 0.25) is 0 Å². The maximum Gasteiger partial charge on any atom is 0.130 e. The molecule has 84 valence electrons. The zero-order valence-corrected chi connectivity index (χ0v) is 8.93. The van der Waals surface area contributed by atoms with Crippen LogP contribution in [0.5, 0.6) is 5.75 Å². The summed E-state index contributed by atoms with van der Waals surface area (Å²) in [6.07, 6.45) is 4.04. The third-order valence-corrected chi connectivity index (χ3v) is 2.26. The van der Waals surface area contributed by atoms with E-state index in [9.17, 15) is 0 Å². The van der Waals surface area contributed by atoms with Crippen molar-refractivity contribution in [2.75, 3.05) is 6.54 Å². The Morgan fingerprint density at radius 1 is 1.31 bits per heavy atom. The Labute approximate surface area is 94.0 Å². The Bertz CT molecular complexity index is 426. The van der Waals surface area contributed by atoms with Crippen molar-refractivity contribution in [2.45, 2.75) is 13.0 Å². The van der Waals surface area contributed by atoms with Crippen molar-refractivity contribution in [3.8, 4) is 5.75 Å². The lowest BCUT2D eigenvalue weighted by atomic mass is 10.1. The fourth-order valence-corrected chi connectivity index (χ4v) is 1.47. The highest BCUT2D eigenvalue weighted by Crippen LogP contribution is 2.19.